The molecular weight excluding hydrogens is 282 g/mol. The van der Waals surface area contributed by atoms with Crippen LogP contribution in [-0.4, -0.2) is 54.8 Å². The zero-order valence-electron chi connectivity index (χ0n) is 13.4. The van der Waals surface area contributed by atoms with E-state index in [2.05, 4.69) is 5.32 Å². The second-order valence-electron chi connectivity index (χ2n) is 5.90. The zero-order valence-corrected chi connectivity index (χ0v) is 13.4. The second kappa shape index (κ2) is 6.98. The number of nitrogens with zero attached hydrogens (tertiary/aromatic N) is 1. The van der Waals surface area contributed by atoms with Crippen molar-refractivity contribution >= 4 is 11.6 Å². The van der Waals surface area contributed by atoms with Gasteiger partial charge in [0.05, 0.1) is 23.9 Å². The van der Waals surface area contributed by atoms with Gasteiger partial charge in [-0.05, 0) is 26.1 Å². The van der Waals surface area contributed by atoms with Crippen molar-refractivity contribution in [3.8, 4) is 5.75 Å². The van der Waals surface area contributed by atoms with Gasteiger partial charge < -0.3 is 25.8 Å². The fourth-order valence-electron chi connectivity index (χ4n) is 2.71. The predicted octanol–water partition coefficient (Wildman–Crippen LogP) is 0.708. The number of amides is 1. The number of ether oxygens (including phenoxy) is 1. The van der Waals surface area contributed by atoms with Crippen molar-refractivity contribution in [3.63, 3.8) is 0 Å². The number of carbonyl (C=O) groups excluding carboxylic acids is 1. The van der Waals surface area contributed by atoms with E-state index >= 15 is 0 Å². The highest BCUT2D eigenvalue weighted by atomic mass is 16.5. The molecule has 1 amide bonds. The average molecular weight is 307 g/mol. The Bertz CT molecular complexity index is 535. The van der Waals surface area contributed by atoms with Crippen molar-refractivity contribution in [2.75, 3.05) is 32.5 Å². The topological polar surface area (TPSA) is 87.8 Å². The third-order valence-corrected chi connectivity index (χ3v) is 4.13. The summed E-state index contributed by atoms with van der Waals surface area (Å²) in [6, 6.07) is 4.94. The van der Waals surface area contributed by atoms with Crippen LogP contribution in [0.25, 0.3) is 0 Å². The first-order chi connectivity index (χ1) is 10.5. The number of benzene rings is 1. The number of hydrogen-bond donors (Lipinski definition) is 3. The molecule has 0 bridgehead atoms. The lowest BCUT2D eigenvalue weighted by molar-refractivity contribution is 0.0417. The third kappa shape index (κ3) is 3.18. The van der Waals surface area contributed by atoms with Crippen LogP contribution in [0.3, 0.4) is 0 Å². The molecule has 3 atom stereocenters. The molecule has 0 spiro atoms. The van der Waals surface area contributed by atoms with Crippen LogP contribution in [0, 0.1) is 5.92 Å². The number of aliphatic hydroxyl groups is 1. The van der Waals surface area contributed by atoms with E-state index in [1.807, 2.05) is 20.9 Å². The molecule has 122 valence electrons. The molecule has 2 rings (SSSR count). The molecule has 1 heterocycles. The maximum atomic E-state index is 12.8. The van der Waals surface area contributed by atoms with Gasteiger partial charge in [-0.2, -0.15) is 0 Å². The highest BCUT2D eigenvalue weighted by Gasteiger charge is 2.33. The van der Waals surface area contributed by atoms with Crippen LogP contribution < -0.4 is 15.8 Å². The number of likely N-dealkylation sites (N-methyl/N-ethyl adjacent to an activating group) is 1. The van der Waals surface area contributed by atoms with Crippen molar-refractivity contribution < 1.29 is 14.6 Å². The maximum Gasteiger partial charge on any atom is 0.258 e. The van der Waals surface area contributed by atoms with Crippen LogP contribution in [0.2, 0.25) is 0 Å². The van der Waals surface area contributed by atoms with E-state index in [0.29, 0.717) is 30.1 Å². The normalized spacial score (nSPS) is 23.3. The van der Waals surface area contributed by atoms with Crippen LogP contribution in [0.4, 0.5) is 5.69 Å². The number of nitrogens with one attached hydrogen (secondary N) is 1. The highest BCUT2D eigenvalue weighted by Crippen LogP contribution is 2.32. The van der Waals surface area contributed by atoms with Crippen LogP contribution >= 0.6 is 0 Å². The molecule has 0 fully saturated rings. The van der Waals surface area contributed by atoms with E-state index in [1.54, 1.807) is 23.1 Å². The van der Waals surface area contributed by atoms with Gasteiger partial charge in [0.2, 0.25) is 0 Å². The molecule has 0 saturated heterocycles. The van der Waals surface area contributed by atoms with Gasteiger partial charge in [-0.25, -0.2) is 0 Å². The third-order valence-electron chi connectivity index (χ3n) is 4.13. The first-order valence-electron chi connectivity index (χ1n) is 7.61. The fourth-order valence-corrected chi connectivity index (χ4v) is 2.71. The summed E-state index contributed by atoms with van der Waals surface area (Å²) in [5.74, 6) is 0.395. The average Bonchev–Trinajstić information content (AvgIpc) is 2.51. The van der Waals surface area contributed by atoms with Crippen LogP contribution in [0.1, 0.15) is 24.2 Å². The Morgan fingerprint density at radius 3 is 2.91 bits per heavy atom. The molecule has 0 aliphatic carbocycles. The van der Waals surface area contributed by atoms with Gasteiger partial charge in [-0.1, -0.05) is 13.0 Å². The Hall–Kier alpha value is -1.79. The molecular formula is C16H25N3O3. The summed E-state index contributed by atoms with van der Waals surface area (Å²) in [7, 11) is 1.86. The summed E-state index contributed by atoms with van der Waals surface area (Å²) >= 11 is 0. The lowest BCUT2D eigenvalue weighted by atomic mass is 9.99. The minimum absolute atomic E-state index is 0.0757. The quantitative estimate of drug-likeness (QED) is 0.713. The predicted molar refractivity (Wildman–Crippen MR) is 85.9 cm³/mol. The first-order valence-corrected chi connectivity index (χ1v) is 7.61. The van der Waals surface area contributed by atoms with Gasteiger partial charge in [0, 0.05) is 19.0 Å². The number of rotatable bonds is 4. The largest absolute Gasteiger partial charge is 0.486 e. The number of hydrogen-bond acceptors (Lipinski definition) is 5. The van der Waals surface area contributed by atoms with Crippen LogP contribution in [-0.2, 0) is 0 Å². The number of fused-ring (bicyclic) bond motifs is 1. The van der Waals surface area contributed by atoms with Crippen LogP contribution in [0.15, 0.2) is 18.2 Å². The van der Waals surface area contributed by atoms with Crippen molar-refractivity contribution in [2.24, 2.45) is 5.92 Å². The number of aliphatic hydroxyl groups excluding tert-OH is 1. The molecule has 1 aliphatic rings. The number of para-hydroxylation sites is 1. The molecule has 6 nitrogen and oxygen atoms in total. The Morgan fingerprint density at radius 1 is 1.55 bits per heavy atom. The van der Waals surface area contributed by atoms with Gasteiger partial charge in [0.25, 0.3) is 5.91 Å². The molecule has 6 heteroatoms. The van der Waals surface area contributed by atoms with Crippen molar-refractivity contribution in [1.29, 1.82) is 0 Å². The van der Waals surface area contributed by atoms with Gasteiger partial charge >= 0.3 is 0 Å². The fraction of sp³-hybridized carbons (Fsp3) is 0.562. The Morgan fingerprint density at radius 2 is 2.27 bits per heavy atom. The molecule has 0 radical (unpaired) electrons. The summed E-state index contributed by atoms with van der Waals surface area (Å²) in [5.41, 5.74) is 6.92. The SMILES string of the molecule is CNC[C@@H]1Oc2c(N)cccc2C(=O)N([C@@H](C)CO)C[C@@H]1C. The molecule has 0 aromatic heterocycles. The minimum atomic E-state index is -0.252. The molecule has 0 saturated carbocycles. The number of nitrogen functional groups attached to an aromatic ring is 1. The highest BCUT2D eigenvalue weighted by molar-refractivity contribution is 5.99. The second-order valence-corrected chi connectivity index (χ2v) is 5.90. The lowest BCUT2D eigenvalue weighted by Gasteiger charge is -2.37. The minimum Gasteiger partial charge on any atom is -0.486 e. The van der Waals surface area contributed by atoms with Gasteiger partial charge in [0.15, 0.2) is 5.75 Å². The first kappa shape index (κ1) is 16.6. The van der Waals surface area contributed by atoms with E-state index in [1.165, 1.54) is 0 Å². The van der Waals surface area contributed by atoms with E-state index in [-0.39, 0.29) is 30.6 Å². The molecule has 0 unspecified atom stereocenters. The van der Waals surface area contributed by atoms with E-state index in [4.69, 9.17) is 10.5 Å². The van der Waals surface area contributed by atoms with Gasteiger partial charge in [-0.3, -0.25) is 4.79 Å². The van der Waals surface area contributed by atoms with Crippen molar-refractivity contribution in [1.82, 2.24) is 10.2 Å². The molecule has 1 aromatic carbocycles. The lowest BCUT2D eigenvalue weighted by Crippen LogP contribution is -2.49. The smallest absolute Gasteiger partial charge is 0.258 e. The Kier molecular flexibility index (Phi) is 5.26. The molecule has 1 aromatic rings. The Balaban J connectivity index is 2.48. The monoisotopic (exact) mass is 307 g/mol. The van der Waals surface area contributed by atoms with E-state index in [0.717, 1.165) is 0 Å². The molecule has 1 aliphatic heterocycles. The summed E-state index contributed by atoms with van der Waals surface area (Å²) in [6.45, 7) is 4.99. The number of anilines is 1. The van der Waals surface area contributed by atoms with E-state index in [9.17, 15) is 9.90 Å². The van der Waals surface area contributed by atoms with Gasteiger partial charge in [-0.15, -0.1) is 0 Å². The summed E-state index contributed by atoms with van der Waals surface area (Å²) in [5, 5.41) is 12.6. The zero-order chi connectivity index (χ0) is 16.3. The van der Waals surface area contributed by atoms with Crippen molar-refractivity contribution in [3.05, 3.63) is 23.8 Å². The van der Waals surface area contributed by atoms with Gasteiger partial charge in [0.1, 0.15) is 6.10 Å². The standard InChI is InChI=1S/C16H25N3O3/c1-10-8-19(11(2)9-20)16(21)12-5-4-6-13(17)15(12)22-14(10)7-18-3/h4-6,10-11,14,18,20H,7-9,17H2,1-3H3/t10-,11-,14-/m0/s1. The number of carbonyl (C=O) groups is 1. The van der Waals surface area contributed by atoms with E-state index < -0.39 is 0 Å². The summed E-state index contributed by atoms with van der Waals surface area (Å²) in [4.78, 5) is 14.5. The van der Waals surface area contributed by atoms with Crippen molar-refractivity contribution in [2.45, 2.75) is 26.0 Å². The summed E-state index contributed by atoms with van der Waals surface area (Å²) < 4.78 is 6.06. The maximum absolute atomic E-state index is 12.8. The summed E-state index contributed by atoms with van der Waals surface area (Å²) in [6.07, 6.45) is -0.102. The molecule has 22 heavy (non-hydrogen) atoms. The molecule has 4 N–H and O–H groups in total. The number of nitrogens with two attached hydrogens (primary N) is 1. The van der Waals surface area contributed by atoms with Crippen LogP contribution in [0.5, 0.6) is 5.75 Å². The Labute approximate surface area is 131 Å².